The van der Waals surface area contributed by atoms with Crippen molar-refractivity contribution in [2.45, 2.75) is 38.3 Å². The van der Waals surface area contributed by atoms with Crippen LogP contribution in [0.1, 0.15) is 26.2 Å². The van der Waals surface area contributed by atoms with Gasteiger partial charge in [0.25, 0.3) is 0 Å². The summed E-state index contributed by atoms with van der Waals surface area (Å²) in [6.07, 6.45) is 4.78. The van der Waals surface area contributed by atoms with Crippen LogP contribution in [-0.4, -0.2) is 58.8 Å². The Labute approximate surface area is 107 Å². The lowest BCUT2D eigenvalue weighted by Crippen LogP contribution is -2.60. The Bertz CT molecular complexity index is 322. The summed E-state index contributed by atoms with van der Waals surface area (Å²) in [5, 5.41) is 0. The number of fused-ring (bicyclic) bond motifs is 1. The maximum absolute atomic E-state index is 12.4. The summed E-state index contributed by atoms with van der Waals surface area (Å²) in [4.78, 5) is 27.9. The number of carbonyl (C=O) groups is 2. The van der Waals surface area contributed by atoms with E-state index in [0.717, 1.165) is 31.6 Å². The second-order valence-electron chi connectivity index (χ2n) is 4.73. The Balaban J connectivity index is 2.13. The molecule has 0 bridgehead atoms. The summed E-state index contributed by atoms with van der Waals surface area (Å²) in [7, 11) is 0. The first-order chi connectivity index (χ1) is 8.19. The van der Waals surface area contributed by atoms with E-state index in [1.807, 2.05) is 11.2 Å². The minimum absolute atomic E-state index is 0.131. The summed E-state index contributed by atoms with van der Waals surface area (Å²) >= 11 is 1.74. The molecule has 0 aromatic heterocycles. The highest BCUT2D eigenvalue weighted by Crippen LogP contribution is 2.26. The van der Waals surface area contributed by atoms with Crippen LogP contribution >= 0.6 is 11.8 Å². The fraction of sp³-hybridized carbons (Fsp3) is 0.833. The normalized spacial score (nSPS) is 26.4. The molecule has 2 atom stereocenters. The monoisotopic (exact) mass is 256 g/mol. The van der Waals surface area contributed by atoms with Crippen molar-refractivity contribution in [1.82, 2.24) is 9.80 Å². The standard InChI is InChI=1S/C12H20N2O2S/c1-3-9(8-17-2)14-7-11(15)13-6-4-5-10(13)12(14)16/h9-10H,3-8H2,1-2H3. The minimum Gasteiger partial charge on any atom is -0.329 e. The second kappa shape index (κ2) is 5.29. The molecule has 0 radical (unpaired) electrons. The molecule has 5 heteroatoms. The van der Waals surface area contributed by atoms with Crippen molar-refractivity contribution < 1.29 is 9.59 Å². The van der Waals surface area contributed by atoms with Gasteiger partial charge in [0.2, 0.25) is 11.8 Å². The predicted molar refractivity (Wildman–Crippen MR) is 68.9 cm³/mol. The zero-order chi connectivity index (χ0) is 12.4. The van der Waals surface area contributed by atoms with Crippen LogP contribution < -0.4 is 0 Å². The lowest BCUT2D eigenvalue weighted by Gasteiger charge is -2.40. The largest absolute Gasteiger partial charge is 0.329 e. The summed E-state index contributed by atoms with van der Waals surface area (Å²) in [6, 6.07) is 0.0522. The molecule has 2 aliphatic rings. The number of hydrogen-bond donors (Lipinski definition) is 0. The van der Waals surface area contributed by atoms with Crippen molar-refractivity contribution in [3.05, 3.63) is 0 Å². The number of thioether (sulfide) groups is 1. The van der Waals surface area contributed by atoms with E-state index in [-0.39, 0.29) is 30.4 Å². The van der Waals surface area contributed by atoms with Gasteiger partial charge in [-0.15, -0.1) is 0 Å². The molecule has 4 nitrogen and oxygen atoms in total. The molecule has 2 heterocycles. The van der Waals surface area contributed by atoms with Crippen LogP contribution in [0, 0.1) is 0 Å². The predicted octanol–water partition coefficient (Wildman–Crippen LogP) is 0.961. The molecule has 0 N–H and O–H groups in total. The van der Waals surface area contributed by atoms with Crippen LogP contribution in [0.25, 0.3) is 0 Å². The van der Waals surface area contributed by atoms with Crippen LogP contribution in [0.3, 0.4) is 0 Å². The average Bonchev–Trinajstić information content (AvgIpc) is 2.81. The molecule has 2 saturated heterocycles. The highest BCUT2D eigenvalue weighted by molar-refractivity contribution is 7.98. The maximum atomic E-state index is 12.4. The van der Waals surface area contributed by atoms with E-state index in [1.54, 1.807) is 16.7 Å². The van der Waals surface area contributed by atoms with Crippen LogP contribution in [0.15, 0.2) is 0 Å². The third-order valence-electron chi connectivity index (χ3n) is 3.72. The van der Waals surface area contributed by atoms with Gasteiger partial charge in [0.15, 0.2) is 0 Å². The fourth-order valence-electron chi connectivity index (χ4n) is 2.76. The number of piperazine rings is 1. The molecule has 0 saturated carbocycles. The van der Waals surface area contributed by atoms with Crippen molar-refractivity contribution >= 4 is 23.6 Å². The van der Waals surface area contributed by atoms with Crippen molar-refractivity contribution in [2.75, 3.05) is 25.1 Å². The van der Waals surface area contributed by atoms with Crippen molar-refractivity contribution in [3.8, 4) is 0 Å². The van der Waals surface area contributed by atoms with Gasteiger partial charge in [-0.3, -0.25) is 9.59 Å². The average molecular weight is 256 g/mol. The third kappa shape index (κ3) is 2.30. The van der Waals surface area contributed by atoms with E-state index < -0.39 is 0 Å². The highest BCUT2D eigenvalue weighted by Gasteiger charge is 2.43. The molecule has 2 aliphatic heterocycles. The Morgan fingerprint density at radius 2 is 2.24 bits per heavy atom. The molecule has 2 amide bonds. The molecule has 96 valence electrons. The van der Waals surface area contributed by atoms with Crippen molar-refractivity contribution in [3.63, 3.8) is 0 Å². The Morgan fingerprint density at radius 3 is 2.88 bits per heavy atom. The Morgan fingerprint density at radius 1 is 1.47 bits per heavy atom. The zero-order valence-corrected chi connectivity index (χ0v) is 11.3. The van der Waals surface area contributed by atoms with E-state index in [2.05, 4.69) is 6.92 Å². The van der Waals surface area contributed by atoms with Gasteiger partial charge in [-0.25, -0.2) is 0 Å². The third-order valence-corrected chi connectivity index (χ3v) is 4.44. The number of carbonyl (C=O) groups excluding carboxylic acids is 2. The van der Waals surface area contributed by atoms with E-state index in [0.29, 0.717) is 0 Å². The number of hydrogen-bond acceptors (Lipinski definition) is 3. The van der Waals surface area contributed by atoms with Crippen LogP contribution in [0.4, 0.5) is 0 Å². The van der Waals surface area contributed by atoms with Gasteiger partial charge < -0.3 is 9.80 Å². The van der Waals surface area contributed by atoms with Crippen LogP contribution in [0.5, 0.6) is 0 Å². The van der Waals surface area contributed by atoms with E-state index in [4.69, 9.17) is 0 Å². The molecule has 17 heavy (non-hydrogen) atoms. The molecule has 2 rings (SSSR count). The van der Waals surface area contributed by atoms with E-state index in [9.17, 15) is 9.59 Å². The van der Waals surface area contributed by atoms with E-state index in [1.165, 1.54) is 0 Å². The zero-order valence-electron chi connectivity index (χ0n) is 10.5. The number of amides is 2. The smallest absolute Gasteiger partial charge is 0.246 e. The fourth-order valence-corrected chi connectivity index (χ4v) is 3.56. The molecule has 0 aliphatic carbocycles. The molecule has 2 unspecified atom stereocenters. The van der Waals surface area contributed by atoms with Gasteiger partial charge >= 0.3 is 0 Å². The van der Waals surface area contributed by atoms with Gasteiger partial charge in [0.05, 0.1) is 0 Å². The van der Waals surface area contributed by atoms with Crippen molar-refractivity contribution in [1.29, 1.82) is 0 Å². The molecular formula is C12H20N2O2S. The first-order valence-electron chi connectivity index (χ1n) is 6.28. The summed E-state index contributed by atoms with van der Waals surface area (Å²) in [6.45, 7) is 3.14. The maximum Gasteiger partial charge on any atom is 0.246 e. The lowest BCUT2D eigenvalue weighted by atomic mass is 10.1. The first kappa shape index (κ1) is 12.7. The number of rotatable bonds is 4. The first-order valence-corrected chi connectivity index (χ1v) is 7.67. The van der Waals surface area contributed by atoms with Gasteiger partial charge in [-0.1, -0.05) is 6.92 Å². The highest BCUT2D eigenvalue weighted by atomic mass is 32.2. The molecule has 0 aromatic rings. The van der Waals surface area contributed by atoms with Crippen LogP contribution in [0.2, 0.25) is 0 Å². The molecule has 2 fully saturated rings. The van der Waals surface area contributed by atoms with Gasteiger partial charge in [-0.2, -0.15) is 11.8 Å². The molecule has 0 spiro atoms. The van der Waals surface area contributed by atoms with Gasteiger partial charge in [0, 0.05) is 18.3 Å². The lowest BCUT2D eigenvalue weighted by molar-refractivity contribution is -0.155. The summed E-state index contributed by atoms with van der Waals surface area (Å²) in [5.41, 5.74) is 0. The Kier molecular flexibility index (Phi) is 3.97. The van der Waals surface area contributed by atoms with Gasteiger partial charge in [-0.05, 0) is 25.5 Å². The number of nitrogens with zero attached hydrogens (tertiary/aromatic N) is 2. The second-order valence-corrected chi connectivity index (χ2v) is 5.64. The summed E-state index contributed by atoms with van der Waals surface area (Å²) < 4.78 is 0. The topological polar surface area (TPSA) is 40.6 Å². The molecule has 0 aromatic carbocycles. The van der Waals surface area contributed by atoms with Crippen LogP contribution in [-0.2, 0) is 9.59 Å². The summed E-state index contributed by atoms with van der Waals surface area (Å²) in [5.74, 6) is 1.22. The quantitative estimate of drug-likeness (QED) is 0.752. The SMILES string of the molecule is CCC(CSC)N1CC(=O)N2CCCC2C1=O. The van der Waals surface area contributed by atoms with Crippen molar-refractivity contribution in [2.24, 2.45) is 0 Å². The molecular weight excluding hydrogens is 236 g/mol. The Hall–Kier alpha value is -0.710. The van der Waals surface area contributed by atoms with E-state index >= 15 is 0 Å². The van der Waals surface area contributed by atoms with Gasteiger partial charge in [0.1, 0.15) is 12.6 Å². The minimum atomic E-state index is -0.160.